The predicted molar refractivity (Wildman–Crippen MR) is 124 cm³/mol. The zero-order chi connectivity index (χ0) is 21.7. The fourth-order valence-corrected chi connectivity index (χ4v) is 4.29. The third-order valence-electron chi connectivity index (χ3n) is 5.18. The van der Waals surface area contributed by atoms with Crippen LogP contribution in [0.1, 0.15) is 51.6 Å². The van der Waals surface area contributed by atoms with Crippen molar-refractivity contribution in [1.29, 1.82) is 0 Å². The van der Waals surface area contributed by atoms with Crippen molar-refractivity contribution in [3.8, 4) is 5.75 Å². The first kappa shape index (κ1) is 22.4. The number of para-hydroxylation sites is 2. The zero-order valence-electron chi connectivity index (χ0n) is 18.0. The standard InChI is InChI=1S/C24H30N2O3S/c1-5-17(4)26-23(28)20-11-6-8-12-21(20)25-24(26)30-15-18(27)14-29-22-13-9-7-10-19(22)16(2)3/h6-13,16-18,27H,5,14-15H2,1-4H3/t17-,18-/m1/s1. The molecule has 0 spiro atoms. The average molecular weight is 427 g/mol. The van der Waals surface area contributed by atoms with Crippen LogP contribution in [-0.2, 0) is 0 Å². The summed E-state index contributed by atoms with van der Waals surface area (Å²) in [4.78, 5) is 17.7. The number of hydrogen-bond donors (Lipinski definition) is 1. The van der Waals surface area contributed by atoms with Crippen LogP contribution in [-0.4, -0.2) is 33.1 Å². The summed E-state index contributed by atoms with van der Waals surface area (Å²) in [5.41, 5.74) is 1.77. The van der Waals surface area contributed by atoms with Gasteiger partial charge in [0.15, 0.2) is 5.16 Å². The molecule has 0 fully saturated rings. The Morgan fingerprint density at radius 1 is 1.10 bits per heavy atom. The van der Waals surface area contributed by atoms with Gasteiger partial charge in [0, 0.05) is 11.8 Å². The fraction of sp³-hybridized carbons (Fsp3) is 0.417. The highest BCUT2D eigenvalue weighted by molar-refractivity contribution is 7.99. The van der Waals surface area contributed by atoms with E-state index in [1.54, 1.807) is 4.57 Å². The van der Waals surface area contributed by atoms with Gasteiger partial charge in [0.1, 0.15) is 12.4 Å². The second kappa shape index (κ2) is 10.1. The number of nitrogens with zero attached hydrogens (tertiary/aromatic N) is 2. The number of hydrogen-bond acceptors (Lipinski definition) is 5. The van der Waals surface area contributed by atoms with E-state index in [1.807, 2.05) is 55.5 Å². The van der Waals surface area contributed by atoms with Gasteiger partial charge in [-0.15, -0.1) is 0 Å². The molecule has 1 heterocycles. The average Bonchev–Trinajstić information content (AvgIpc) is 2.76. The number of aromatic nitrogens is 2. The van der Waals surface area contributed by atoms with Gasteiger partial charge < -0.3 is 9.84 Å². The molecule has 5 nitrogen and oxygen atoms in total. The highest BCUT2D eigenvalue weighted by atomic mass is 32.2. The van der Waals surface area contributed by atoms with Gasteiger partial charge in [-0.05, 0) is 43.0 Å². The lowest BCUT2D eigenvalue weighted by molar-refractivity contribution is 0.125. The Bertz CT molecular complexity index is 1050. The lowest BCUT2D eigenvalue weighted by Gasteiger charge is -2.19. The normalized spacial score (nSPS) is 13.5. The van der Waals surface area contributed by atoms with Gasteiger partial charge in [-0.2, -0.15) is 0 Å². The van der Waals surface area contributed by atoms with Crippen LogP contribution in [0.15, 0.2) is 58.5 Å². The minimum Gasteiger partial charge on any atom is -0.491 e. The van der Waals surface area contributed by atoms with Crippen LogP contribution in [0.5, 0.6) is 5.75 Å². The van der Waals surface area contributed by atoms with Crippen LogP contribution in [0.4, 0.5) is 0 Å². The summed E-state index contributed by atoms with van der Waals surface area (Å²) in [6.07, 6.45) is 0.148. The van der Waals surface area contributed by atoms with Gasteiger partial charge in [-0.3, -0.25) is 9.36 Å². The van der Waals surface area contributed by atoms with Crippen LogP contribution in [0.2, 0.25) is 0 Å². The lowest BCUT2D eigenvalue weighted by Crippen LogP contribution is -2.27. The summed E-state index contributed by atoms with van der Waals surface area (Å²) in [6, 6.07) is 15.3. The lowest BCUT2D eigenvalue weighted by atomic mass is 10.0. The van der Waals surface area contributed by atoms with Gasteiger partial charge >= 0.3 is 0 Å². The van der Waals surface area contributed by atoms with Crippen molar-refractivity contribution in [1.82, 2.24) is 9.55 Å². The quantitative estimate of drug-likeness (QED) is 0.384. The summed E-state index contributed by atoms with van der Waals surface area (Å²) >= 11 is 1.40. The summed E-state index contributed by atoms with van der Waals surface area (Å²) in [7, 11) is 0. The van der Waals surface area contributed by atoms with E-state index >= 15 is 0 Å². The SMILES string of the molecule is CC[C@@H](C)n1c(SC[C@H](O)COc2ccccc2C(C)C)nc2ccccc2c1=O. The van der Waals surface area contributed by atoms with E-state index in [0.29, 0.717) is 27.7 Å². The molecule has 1 N–H and O–H groups in total. The maximum atomic E-state index is 13.0. The predicted octanol–water partition coefficient (Wildman–Crippen LogP) is 5.02. The highest BCUT2D eigenvalue weighted by Crippen LogP contribution is 2.27. The van der Waals surface area contributed by atoms with Gasteiger partial charge in [-0.1, -0.05) is 62.9 Å². The van der Waals surface area contributed by atoms with Crippen LogP contribution < -0.4 is 10.3 Å². The molecule has 0 radical (unpaired) electrons. The smallest absolute Gasteiger partial charge is 0.262 e. The molecule has 0 aliphatic carbocycles. The molecule has 3 rings (SSSR count). The molecule has 160 valence electrons. The van der Waals surface area contributed by atoms with E-state index in [9.17, 15) is 9.90 Å². The van der Waals surface area contributed by atoms with Crippen molar-refractivity contribution >= 4 is 22.7 Å². The topological polar surface area (TPSA) is 64.3 Å². The molecule has 3 aromatic rings. The van der Waals surface area contributed by atoms with E-state index in [2.05, 4.69) is 20.8 Å². The first-order valence-corrected chi connectivity index (χ1v) is 11.4. The molecule has 1 aromatic heterocycles. The number of rotatable bonds is 9. The molecule has 0 unspecified atom stereocenters. The van der Waals surface area contributed by atoms with Crippen molar-refractivity contribution in [3.05, 3.63) is 64.4 Å². The second-order valence-electron chi connectivity index (χ2n) is 7.81. The van der Waals surface area contributed by atoms with Crippen LogP contribution in [0.3, 0.4) is 0 Å². The van der Waals surface area contributed by atoms with Crippen LogP contribution >= 0.6 is 11.8 Å². The highest BCUT2D eigenvalue weighted by Gasteiger charge is 2.17. The summed E-state index contributed by atoms with van der Waals surface area (Å²) in [6.45, 7) is 8.50. The van der Waals surface area contributed by atoms with Crippen molar-refractivity contribution in [3.63, 3.8) is 0 Å². The maximum Gasteiger partial charge on any atom is 0.262 e. The molecular weight excluding hydrogens is 396 g/mol. The van der Waals surface area contributed by atoms with Crippen LogP contribution in [0, 0.1) is 0 Å². The van der Waals surface area contributed by atoms with Crippen LogP contribution in [0.25, 0.3) is 10.9 Å². The number of fused-ring (bicyclic) bond motifs is 1. The molecule has 0 saturated carbocycles. The zero-order valence-corrected chi connectivity index (χ0v) is 18.9. The largest absolute Gasteiger partial charge is 0.491 e. The van der Waals surface area contributed by atoms with Gasteiger partial charge in [0.25, 0.3) is 5.56 Å². The van der Waals surface area contributed by atoms with Crippen molar-refractivity contribution in [2.75, 3.05) is 12.4 Å². The van der Waals surface area contributed by atoms with E-state index in [1.165, 1.54) is 11.8 Å². The van der Waals surface area contributed by atoms with Crippen molar-refractivity contribution in [2.24, 2.45) is 0 Å². The summed E-state index contributed by atoms with van der Waals surface area (Å²) in [5.74, 6) is 1.54. The number of benzene rings is 2. The Morgan fingerprint density at radius 3 is 2.53 bits per heavy atom. The fourth-order valence-electron chi connectivity index (χ4n) is 3.29. The van der Waals surface area contributed by atoms with Crippen molar-refractivity contribution in [2.45, 2.75) is 57.3 Å². The van der Waals surface area contributed by atoms with Gasteiger partial charge in [0.2, 0.25) is 0 Å². The Balaban J connectivity index is 1.74. The molecule has 0 saturated heterocycles. The molecular formula is C24H30N2O3S. The molecule has 30 heavy (non-hydrogen) atoms. The van der Waals surface area contributed by atoms with Gasteiger partial charge in [0.05, 0.1) is 17.0 Å². The Kier molecular flexibility index (Phi) is 7.56. The number of aliphatic hydroxyl groups excluding tert-OH is 1. The second-order valence-corrected chi connectivity index (χ2v) is 8.80. The van der Waals surface area contributed by atoms with E-state index in [4.69, 9.17) is 9.72 Å². The molecule has 2 atom stereocenters. The molecule has 0 bridgehead atoms. The van der Waals surface area contributed by atoms with Crippen molar-refractivity contribution < 1.29 is 9.84 Å². The first-order chi connectivity index (χ1) is 14.4. The number of aliphatic hydroxyl groups is 1. The maximum absolute atomic E-state index is 13.0. The number of thioether (sulfide) groups is 1. The minimum atomic E-state index is -0.677. The third kappa shape index (κ3) is 5.05. The molecule has 6 heteroatoms. The Labute approximate surface area is 182 Å². The molecule has 2 aromatic carbocycles. The Morgan fingerprint density at radius 2 is 1.80 bits per heavy atom. The Hall–Kier alpha value is -2.31. The summed E-state index contributed by atoms with van der Waals surface area (Å²) < 4.78 is 7.63. The van der Waals surface area contributed by atoms with E-state index in [-0.39, 0.29) is 18.2 Å². The third-order valence-corrected chi connectivity index (χ3v) is 6.28. The first-order valence-electron chi connectivity index (χ1n) is 10.5. The van der Waals surface area contributed by atoms with E-state index in [0.717, 1.165) is 17.7 Å². The molecule has 0 amide bonds. The van der Waals surface area contributed by atoms with E-state index < -0.39 is 6.10 Å². The summed E-state index contributed by atoms with van der Waals surface area (Å²) in [5, 5.41) is 11.8. The monoisotopic (exact) mass is 426 g/mol. The van der Waals surface area contributed by atoms with Gasteiger partial charge in [-0.25, -0.2) is 4.98 Å². The number of ether oxygens (including phenoxy) is 1. The molecule has 0 aliphatic heterocycles. The molecule has 0 aliphatic rings. The minimum absolute atomic E-state index is 0.0309.